The van der Waals surface area contributed by atoms with Gasteiger partial charge >= 0.3 is 5.97 Å². The Morgan fingerprint density at radius 3 is 2.42 bits per heavy atom. The molecule has 0 radical (unpaired) electrons. The van der Waals surface area contributed by atoms with E-state index in [2.05, 4.69) is 10.2 Å². The molecule has 0 saturated heterocycles. The van der Waals surface area contributed by atoms with E-state index < -0.39 is 11.9 Å². The van der Waals surface area contributed by atoms with Crippen LogP contribution in [0.5, 0.6) is 0 Å². The quantitative estimate of drug-likeness (QED) is 0.916. The zero-order valence-corrected chi connectivity index (χ0v) is 10.4. The Hall–Kier alpha value is -2.30. The van der Waals surface area contributed by atoms with Crippen LogP contribution in [-0.2, 0) is 11.2 Å². The molecule has 0 fully saturated rings. The summed E-state index contributed by atoms with van der Waals surface area (Å²) < 4.78 is 12.8. The molecule has 4 nitrogen and oxygen atoms in total. The highest BCUT2D eigenvalue weighted by atomic mass is 19.1. The van der Waals surface area contributed by atoms with Crippen LogP contribution in [-0.4, -0.2) is 21.3 Å². The lowest BCUT2D eigenvalue weighted by atomic mass is 9.96. The molecular formula is C14H13FN2O2. The Kier molecular flexibility index (Phi) is 3.85. The van der Waals surface area contributed by atoms with Crippen LogP contribution in [0.25, 0.3) is 0 Å². The number of aliphatic carboxylic acids is 1. The molecule has 0 amide bonds. The number of aryl methyl sites for hydroxylation is 1. The van der Waals surface area contributed by atoms with Crippen molar-refractivity contribution in [3.63, 3.8) is 0 Å². The second-order valence-corrected chi connectivity index (χ2v) is 4.32. The molecule has 0 bridgehead atoms. The first-order valence-corrected chi connectivity index (χ1v) is 5.84. The fourth-order valence-corrected chi connectivity index (χ4v) is 1.77. The van der Waals surface area contributed by atoms with E-state index in [1.54, 1.807) is 31.2 Å². The van der Waals surface area contributed by atoms with E-state index in [1.165, 1.54) is 12.1 Å². The van der Waals surface area contributed by atoms with Gasteiger partial charge in [-0.1, -0.05) is 12.1 Å². The smallest absolute Gasteiger partial charge is 0.313 e. The Morgan fingerprint density at radius 1 is 1.21 bits per heavy atom. The summed E-state index contributed by atoms with van der Waals surface area (Å²) in [4.78, 5) is 11.3. The van der Waals surface area contributed by atoms with Gasteiger partial charge in [-0.3, -0.25) is 4.79 Å². The first-order chi connectivity index (χ1) is 9.06. The molecule has 1 atom stereocenters. The minimum Gasteiger partial charge on any atom is -0.481 e. The third-order valence-corrected chi connectivity index (χ3v) is 2.83. The summed E-state index contributed by atoms with van der Waals surface area (Å²) in [6.07, 6.45) is 0.257. The van der Waals surface area contributed by atoms with Crippen molar-refractivity contribution in [1.29, 1.82) is 0 Å². The molecule has 0 aliphatic carbocycles. The van der Waals surface area contributed by atoms with Gasteiger partial charge in [-0.15, -0.1) is 0 Å². The van der Waals surface area contributed by atoms with Crippen LogP contribution in [0.2, 0.25) is 0 Å². The van der Waals surface area contributed by atoms with Crippen LogP contribution in [0, 0.1) is 12.7 Å². The molecule has 0 saturated carbocycles. The molecule has 0 aliphatic heterocycles. The number of hydrogen-bond acceptors (Lipinski definition) is 3. The monoisotopic (exact) mass is 260 g/mol. The van der Waals surface area contributed by atoms with Crippen molar-refractivity contribution in [1.82, 2.24) is 10.2 Å². The minimum absolute atomic E-state index is 0.257. The lowest BCUT2D eigenvalue weighted by Gasteiger charge is -2.11. The molecule has 1 unspecified atom stereocenters. The van der Waals surface area contributed by atoms with E-state index in [0.717, 1.165) is 11.3 Å². The van der Waals surface area contributed by atoms with Gasteiger partial charge in [-0.25, -0.2) is 4.39 Å². The lowest BCUT2D eigenvalue weighted by molar-refractivity contribution is -0.138. The number of aromatic nitrogens is 2. The number of rotatable bonds is 4. The average Bonchev–Trinajstić information content (AvgIpc) is 2.39. The average molecular weight is 260 g/mol. The summed E-state index contributed by atoms with van der Waals surface area (Å²) in [5, 5.41) is 17.0. The third-order valence-electron chi connectivity index (χ3n) is 2.83. The van der Waals surface area contributed by atoms with Crippen LogP contribution in [0.4, 0.5) is 4.39 Å². The predicted molar refractivity (Wildman–Crippen MR) is 67.2 cm³/mol. The second kappa shape index (κ2) is 5.56. The topological polar surface area (TPSA) is 63.1 Å². The van der Waals surface area contributed by atoms with E-state index >= 15 is 0 Å². The third kappa shape index (κ3) is 3.34. The van der Waals surface area contributed by atoms with Gasteiger partial charge in [0.05, 0.1) is 11.4 Å². The number of carbonyl (C=O) groups is 1. The molecule has 98 valence electrons. The first kappa shape index (κ1) is 13.1. The highest BCUT2D eigenvalue weighted by Gasteiger charge is 2.22. The minimum atomic E-state index is -0.970. The summed E-state index contributed by atoms with van der Waals surface area (Å²) in [6.45, 7) is 1.78. The number of halogens is 1. The summed E-state index contributed by atoms with van der Waals surface area (Å²) >= 11 is 0. The van der Waals surface area contributed by atoms with Crippen molar-refractivity contribution in [3.05, 3.63) is 59.2 Å². The predicted octanol–water partition coefficient (Wildman–Crippen LogP) is 2.34. The van der Waals surface area contributed by atoms with Gasteiger partial charge in [0, 0.05) is 0 Å². The highest BCUT2D eigenvalue weighted by Crippen LogP contribution is 2.19. The lowest BCUT2D eigenvalue weighted by Crippen LogP contribution is -2.16. The van der Waals surface area contributed by atoms with Crippen molar-refractivity contribution >= 4 is 5.97 Å². The first-order valence-electron chi connectivity index (χ1n) is 5.84. The van der Waals surface area contributed by atoms with Crippen LogP contribution in [0.3, 0.4) is 0 Å². The highest BCUT2D eigenvalue weighted by molar-refractivity contribution is 5.75. The maximum Gasteiger partial charge on any atom is 0.313 e. The number of hydrogen-bond donors (Lipinski definition) is 1. The van der Waals surface area contributed by atoms with Crippen molar-refractivity contribution < 1.29 is 14.3 Å². The van der Waals surface area contributed by atoms with Gasteiger partial charge in [-0.2, -0.15) is 10.2 Å². The second-order valence-electron chi connectivity index (χ2n) is 4.32. The van der Waals surface area contributed by atoms with E-state index in [0.29, 0.717) is 5.69 Å². The SMILES string of the molecule is Cc1ccc(C(Cc2ccc(F)cc2)C(=O)O)nn1. The Bertz CT molecular complexity index is 567. The molecule has 2 rings (SSSR count). The molecule has 1 N–H and O–H groups in total. The molecule has 1 heterocycles. The number of carboxylic acid groups (broad SMARTS) is 1. The maximum absolute atomic E-state index is 12.8. The van der Waals surface area contributed by atoms with Crippen molar-refractivity contribution in [2.45, 2.75) is 19.3 Å². The largest absolute Gasteiger partial charge is 0.481 e. The molecular weight excluding hydrogens is 247 g/mol. The molecule has 0 aliphatic rings. The van der Waals surface area contributed by atoms with E-state index in [1.807, 2.05) is 0 Å². The van der Waals surface area contributed by atoms with Gasteiger partial charge in [0.25, 0.3) is 0 Å². The van der Waals surface area contributed by atoms with Crippen LogP contribution < -0.4 is 0 Å². The van der Waals surface area contributed by atoms with Crippen molar-refractivity contribution in [2.24, 2.45) is 0 Å². The Balaban J connectivity index is 2.23. The van der Waals surface area contributed by atoms with Crippen molar-refractivity contribution in [3.8, 4) is 0 Å². The number of carboxylic acids is 1. The molecule has 2 aromatic rings. The summed E-state index contributed by atoms with van der Waals surface area (Å²) in [7, 11) is 0. The number of benzene rings is 1. The zero-order chi connectivity index (χ0) is 13.8. The normalized spacial score (nSPS) is 12.1. The molecule has 5 heteroatoms. The van der Waals surface area contributed by atoms with Crippen molar-refractivity contribution in [2.75, 3.05) is 0 Å². The summed E-state index contributed by atoms with van der Waals surface area (Å²) in [6, 6.07) is 9.16. The maximum atomic E-state index is 12.8. The van der Waals surface area contributed by atoms with Gasteiger partial charge in [-0.05, 0) is 43.2 Å². The van der Waals surface area contributed by atoms with Gasteiger partial charge in [0.15, 0.2) is 0 Å². The molecule has 1 aromatic carbocycles. The Labute approximate surface area is 109 Å². The summed E-state index contributed by atoms with van der Waals surface area (Å²) in [5.41, 5.74) is 1.88. The molecule has 0 spiro atoms. The zero-order valence-electron chi connectivity index (χ0n) is 10.4. The Morgan fingerprint density at radius 2 is 1.89 bits per heavy atom. The van der Waals surface area contributed by atoms with Crippen LogP contribution in [0.1, 0.15) is 22.9 Å². The van der Waals surface area contributed by atoms with E-state index in [9.17, 15) is 14.3 Å². The van der Waals surface area contributed by atoms with E-state index in [4.69, 9.17) is 0 Å². The van der Waals surface area contributed by atoms with Gasteiger partial charge in [0.2, 0.25) is 0 Å². The van der Waals surface area contributed by atoms with Gasteiger partial charge < -0.3 is 5.11 Å². The molecule has 1 aromatic heterocycles. The number of nitrogens with zero attached hydrogens (tertiary/aromatic N) is 2. The summed E-state index contributed by atoms with van der Waals surface area (Å²) in [5.74, 6) is -2.09. The molecule has 19 heavy (non-hydrogen) atoms. The fraction of sp³-hybridized carbons (Fsp3) is 0.214. The standard InChI is InChI=1S/C14H13FN2O2/c1-9-2-7-13(17-16-9)12(14(18)19)8-10-3-5-11(15)6-4-10/h2-7,12H,8H2,1H3,(H,18,19). The van der Waals surface area contributed by atoms with Gasteiger partial charge in [0.1, 0.15) is 11.7 Å². The van der Waals surface area contributed by atoms with E-state index in [-0.39, 0.29) is 12.2 Å². The fourth-order valence-electron chi connectivity index (χ4n) is 1.77. The van der Waals surface area contributed by atoms with Crippen LogP contribution >= 0.6 is 0 Å². The van der Waals surface area contributed by atoms with Crippen LogP contribution in [0.15, 0.2) is 36.4 Å².